The van der Waals surface area contributed by atoms with Crippen molar-refractivity contribution in [3.8, 4) is 5.75 Å². The molecule has 2 aromatic rings. The van der Waals surface area contributed by atoms with Crippen LogP contribution in [0, 0.1) is 0 Å². The molecule has 1 fully saturated rings. The molecule has 1 aliphatic rings. The molecule has 0 radical (unpaired) electrons. The summed E-state index contributed by atoms with van der Waals surface area (Å²) in [5, 5.41) is 2.99. The number of ether oxygens (including phenoxy) is 1. The summed E-state index contributed by atoms with van der Waals surface area (Å²) < 4.78 is 5.34. The molecular formula is C22H26N2O3. The Balaban J connectivity index is 1.72. The molecule has 3 rings (SSSR count). The SMILES string of the molecule is COc1ccccc1CNC(=O)C1CCCCC(=O)N1Cc1ccccc1. The average Bonchev–Trinajstić information content (AvgIpc) is 2.89. The van der Waals surface area contributed by atoms with E-state index in [0.29, 0.717) is 25.9 Å². The quantitative estimate of drug-likeness (QED) is 0.853. The Morgan fingerprint density at radius 1 is 1.11 bits per heavy atom. The fourth-order valence-corrected chi connectivity index (χ4v) is 3.49. The van der Waals surface area contributed by atoms with Crippen molar-refractivity contribution in [2.45, 2.75) is 44.8 Å². The van der Waals surface area contributed by atoms with Crippen molar-refractivity contribution in [1.82, 2.24) is 10.2 Å². The fourth-order valence-electron chi connectivity index (χ4n) is 3.49. The van der Waals surface area contributed by atoms with Crippen LogP contribution < -0.4 is 10.1 Å². The predicted octanol–water partition coefficient (Wildman–Crippen LogP) is 3.28. The summed E-state index contributed by atoms with van der Waals surface area (Å²) in [6, 6.07) is 17.0. The van der Waals surface area contributed by atoms with Gasteiger partial charge in [-0.3, -0.25) is 9.59 Å². The number of hydrogen-bond acceptors (Lipinski definition) is 3. The summed E-state index contributed by atoms with van der Waals surface area (Å²) in [5.74, 6) is 0.691. The van der Waals surface area contributed by atoms with Gasteiger partial charge in [0, 0.05) is 25.1 Å². The number of rotatable bonds is 6. The maximum atomic E-state index is 12.9. The number of nitrogens with zero attached hydrogens (tertiary/aromatic N) is 1. The minimum Gasteiger partial charge on any atom is -0.496 e. The van der Waals surface area contributed by atoms with Crippen LogP contribution >= 0.6 is 0 Å². The first-order valence-corrected chi connectivity index (χ1v) is 9.42. The zero-order valence-electron chi connectivity index (χ0n) is 15.7. The van der Waals surface area contributed by atoms with Crippen LogP contribution in [0.5, 0.6) is 5.75 Å². The number of carbonyl (C=O) groups is 2. The molecule has 0 spiro atoms. The van der Waals surface area contributed by atoms with E-state index in [1.165, 1.54) is 0 Å². The van der Waals surface area contributed by atoms with Gasteiger partial charge in [0.2, 0.25) is 11.8 Å². The summed E-state index contributed by atoms with van der Waals surface area (Å²) in [6.07, 6.45) is 2.91. The lowest BCUT2D eigenvalue weighted by molar-refractivity contribution is -0.140. The number of carbonyl (C=O) groups excluding carboxylic acids is 2. The highest BCUT2D eigenvalue weighted by molar-refractivity contribution is 5.88. The molecule has 1 saturated heterocycles. The van der Waals surface area contributed by atoms with E-state index in [2.05, 4.69) is 5.32 Å². The minimum atomic E-state index is -0.435. The van der Waals surface area contributed by atoms with Crippen LogP contribution in [0.15, 0.2) is 54.6 Å². The Morgan fingerprint density at radius 2 is 1.85 bits per heavy atom. The third kappa shape index (κ3) is 4.88. The molecule has 0 aromatic heterocycles. The van der Waals surface area contributed by atoms with Crippen LogP contribution in [0.25, 0.3) is 0 Å². The van der Waals surface area contributed by atoms with Crippen LogP contribution in [0.3, 0.4) is 0 Å². The van der Waals surface area contributed by atoms with Crippen molar-refractivity contribution < 1.29 is 14.3 Å². The predicted molar refractivity (Wildman–Crippen MR) is 104 cm³/mol. The molecule has 5 nitrogen and oxygen atoms in total. The van der Waals surface area contributed by atoms with Crippen molar-refractivity contribution in [2.75, 3.05) is 7.11 Å². The third-order valence-electron chi connectivity index (χ3n) is 4.96. The lowest BCUT2D eigenvalue weighted by atomic mass is 10.1. The molecule has 1 heterocycles. The number of hydrogen-bond donors (Lipinski definition) is 1. The van der Waals surface area contributed by atoms with Gasteiger partial charge in [-0.15, -0.1) is 0 Å². The van der Waals surface area contributed by atoms with Crippen LogP contribution in [0.4, 0.5) is 0 Å². The van der Waals surface area contributed by atoms with Crippen LogP contribution in [0.1, 0.15) is 36.8 Å². The van der Waals surface area contributed by atoms with E-state index >= 15 is 0 Å². The molecule has 5 heteroatoms. The molecule has 1 atom stereocenters. The second-order valence-electron chi connectivity index (χ2n) is 6.80. The van der Waals surface area contributed by atoms with Crippen molar-refractivity contribution in [1.29, 1.82) is 0 Å². The molecule has 0 bridgehead atoms. The molecule has 0 aliphatic carbocycles. The molecule has 2 amide bonds. The van der Waals surface area contributed by atoms with Gasteiger partial charge < -0.3 is 15.0 Å². The van der Waals surface area contributed by atoms with Crippen molar-refractivity contribution >= 4 is 11.8 Å². The molecule has 1 N–H and O–H groups in total. The summed E-state index contributed by atoms with van der Waals surface area (Å²) in [5.41, 5.74) is 1.96. The highest BCUT2D eigenvalue weighted by Gasteiger charge is 2.31. The average molecular weight is 366 g/mol. The van der Waals surface area contributed by atoms with E-state index < -0.39 is 6.04 Å². The smallest absolute Gasteiger partial charge is 0.243 e. The monoisotopic (exact) mass is 366 g/mol. The molecule has 27 heavy (non-hydrogen) atoms. The second-order valence-corrected chi connectivity index (χ2v) is 6.80. The number of likely N-dealkylation sites (tertiary alicyclic amines) is 1. The number of amides is 2. The maximum Gasteiger partial charge on any atom is 0.243 e. The Kier molecular flexibility index (Phi) is 6.47. The van der Waals surface area contributed by atoms with Gasteiger partial charge in [0.05, 0.1) is 7.11 Å². The standard InChI is InChI=1S/C22H26N2O3/c1-27-20-13-7-5-11-18(20)15-23-22(26)19-12-6-8-14-21(25)24(19)16-17-9-3-2-4-10-17/h2-5,7,9-11,13,19H,6,8,12,14-16H2,1H3,(H,23,26). The van der Waals surface area contributed by atoms with Gasteiger partial charge in [-0.05, 0) is 24.5 Å². The molecule has 2 aromatic carbocycles. The lowest BCUT2D eigenvalue weighted by Gasteiger charge is -2.29. The van der Waals surface area contributed by atoms with Gasteiger partial charge in [0.1, 0.15) is 11.8 Å². The van der Waals surface area contributed by atoms with Gasteiger partial charge in [0.25, 0.3) is 0 Å². The molecule has 0 saturated carbocycles. The summed E-state index contributed by atoms with van der Waals surface area (Å²) in [6.45, 7) is 0.846. The summed E-state index contributed by atoms with van der Waals surface area (Å²) >= 11 is 0. The maximum absolute atomic E-state index is 12.9. The van der Waals surface area contributed by atoms with Crippen LogP contribution in [-0.4, -0.2) is 29.9 Å². The third-order valence-corrected chi connectivity index (χ3v) is 4.96. The van der Waals surface area contributed by atoms with Gasteiger partial charge in [0.15, 0.2) is 0 Å². The highest BCUT2D eigenvalue weighted by Crippen LogP contribution is 2.22. The molecular weight excluding hydrogens is 340 g/mol. The largest absolute Gasteiger partial charge is 0.496 e. The Bertz CT molecular complexity index is 776. The van der Waals surface area contributed by atoms with Crippen LogP contribution in [-0.2, 0) is 22.7 Å². The molecule has 1 unspecified atom stereocenters. The Labute approximate surface area is 160 Å². The van der Waals surface area contributed by atoms with Crippen molar-refractivity contribution in [3.63, 3.8) is 0 Å². The Hall–Kier alpha value is -2.82. The van der Waals surface area contributed by atoms with E-state index in [1.54, 1.807) is 12.0 Å². The van der Waals surface area contributed by atoms with E-state index in [0.717, 1.165) is 29.7 Å². The van der Waals surface area contributed by atoms with Gasteiger partial charge in [-0.1, -0.05) is 55.0 Å². The van der Waals surface area contributed by atoms with E-state index in [-0.39, 0.29) is 11.8 Å². The van der Waals surface area contributed by atoms with E-state index in [4.69, 9.17) is 4.74 Å². The van der Waals surface area contributed by atoms with E-state index in [9.17, 15) is 9.59 Å². The first-order chi connectivity index (χ1) is 13.2. The molecule has 1 aliphatic heterocycles. The zero-order valence-corrected chi connectivity index (χ0v) is 15.7. The number of para-hydroxylation sites is 1. The normalized spacial score (nSPS) is 17.3. The van der Waals surface area contributed by atoms with Gasteiger partial charge in [-0.2, -0.15) is 0 Å². The molecule has 142 valence electrons. The first kappa shape index (κ1) is 19.0. The summed E-state index contributed by atoms with van der Waals surface area (Å²) in [7, 11) is 1.62. The first-order valence-electron chi connectivity index (χ1n) is 9.42. The van der Waals surface area contributed by atoms with Gasteiger partial charge in [-0.25, -0.2) is 0 Å². The Morgan fingerprint density at radius 3 is 2.63 bits per heavy atom. The number of benzene rings is 2. The lowest BCUT2D eigenvalue weighted by Crippen LogP contribution is -2.48. The van der Waals surface area contributed by atoms with E-state index in [1.807, 2.05) is 54.6 Å². The topological polar surface area (TPSA) is 58.6 Å². The van der Waals surface area contributed by atoms with Gasteiger partial charge >= 0.3 is 0 Å². The highest BCUT2D eigenvalue weighted by atomic mass is 16.5. The van der Waals surface area contributed by atoms with Crippen molar-refractivity contribution in [3.05, 3.63) is 65.7 Å². The van der Waals surface area contributed by atoms with Crippen molar-refractivity contribution in [2.24, 2.45) is 0 Å². The fraction of sp³-hybridized carbons (Fsp3) is 0.364. The van der Waals surface area contributed by atoms with Crippen LogP contribution in [0.2, 0.25) is 0 Å². The summed E-state index contributed by atoms with van der Waals surface area (Å²) in [4.78, 5) is 27.3. The number of methoxy groups -OCH3 is 1. The minimum absolute atomic E-state index is 0.0498. The number of nitrogens with one attached hydrogen (secondary N) is 1. The second kappa shape index (κ2) is 9.21. The zero-order chi connectivity index (χ0) is 19.1.